The van der Waals surface area contributed by atoms with E-state index in [-0.39, 0.29) is 11.8 Å². The molecule has 0 aromatic heterocycles. The van der Waals surface area contributed by atoms with Crippen molar-refractivity contribution in [3.05, 3.63) is 29.8 Å². The number of piperazine rings is 1. The molecule has 1 aromatic carbocycles. The minimum absolute atomic E-state index is 0.0217. The molecule has 1 aromatic rings. The van der Waals surface area contributed by atoms with Crippen LogP contribution in [0.2, 0.25) is 0 Å². The molecule has 0 saturated carbocycles. The van der Waals surface area contributed by atoms with Crippen LogP contribution in [0.3, 0.4) is 0 Å². The van der Waals surface area contributed by atoms with Crippen LogP contribution in [0.4, 0.5) is 0 Å². The Balaban J connectivity index is 1.72. The molecule has 7 heteroatoms. The molecule has 140 valence electrons. The molecule has 2 heterocycles. The topological polar surface area (TPSA) is 59.1 Å². The Hall–Kier alpha value is -1.86. The van der Waals surface area contributed by atoms with Crippen LogP contribution in [0.5, 0.6) is 0 Å². The molecule has 2 fully saturated rings. The van der Waals surface area contributed by atoms with Gasteiger partial charge in [-0.2, -0.15) is 0 Å². The lowest BCUT2D eigenvalue weighted by molar-refractivity contribution is -0.130. The Morgan fingerprint density at radius 1 is 0.962 bits per heavy atom. The Morgan fingerprint density at radius 2 is 1.50 bits per heavy atom. The van der Waals surface area contributed by atoms with E-state index in [9.17, 15) is 9.59 Å². The molecule has 0 aliphatic carbocycles. The standard InChI is InChI=1S/C19H27BN2O4/c1-14(23)21-9-11-22(12-10-21)17(24)15-7-6-8-16(13-15)20-25-18(2,3)19(4,5)26-20/h6-8,13H,9-12H2,1-5H3. The summed E-state index contributed by atoms with van der Waals surface area (Å²) in [5, 5.41) is 0. The minimum Gasteiger partial charge on any atom is -0.399 e. The first kappa shape index (κ1) is 18.9. The van der Waals surface area contributed by atoms with Crippen molar-refractivity contribution in [1.82, 2.24) is 9.80 Å². The quantitative estimate of drug-likeness (QED) is 0.748. The van der Waals surface area contributed by atoms with E-state index < -0.39 is 18.3 Å². The highest BCUT2D eigenvalue weighted by molar-refractivity contribution is 6.62. The highest BCUT2D eigenvalue weighted by atomic mass is 16.7. The van der Waals surface area contributed by atoms with Crippen LogP contribution in [0, 0.1) is 0 Å². The summed E-state index contributed by atoms with van der Waals surface area (Å²) in [5.41, 5.74) is 0.631. The van der Waals surface area contributed by atoms with Gasteiger partial charge in [0.15, 0.2) is 0 Å². The highest BCUT2D eigenvalue weighted by Crippen LogP contribution is 2.36. The van der Waals surface area contributed by atoms with E-state index in [1.165, 1.54) is 0 Å². The van der Waals surface area contributed by atoms with Gasteiger partial charge >= 0.3 is 7.12 Å². The number of hydrogen-bond donors (Lipinski definition) is 0. The third-order valence-electron chi connectivity index (χ3n) is 5.67. The number of amides is 2. The van der Waals surface area contributed by atoms with E-state index in [1.807, 2.05) is 52.0 Å². The smallest absolute Gasteiger partial charge is 0.399 e. The average Bonchev–Trinajstić information content (AvgIpc) is 2.82. The molecule has 2 amide bonds. The van der Waals surface area contributed by atoms with Gasteiger partial charge in [-0.25, -0.2) is 0 Å². The fraction of sp³-hybridized carbons (Fsp3) is 0.579. The van der Waals surface area contributed by atoms with Crippen molar-refractivity contribution in [1.29, 1.82) is 0 Å². The summed E-state index contributed by atoms with van der Waals surface area (Å²) in [7, 11) is -0.484. The molecule has 0 N–H and O–H groups in total. The van der Waals surface area contributed by atoms with E-state index >= 15 is 0 Å². The van der Waals surface area contributed by atoms with Crippen LogP contribution in [-0.2, 0) is 14.1 Å². The minimum atomic E-state index is -0.484. The van der Waals surface area contributed by atoms with Gasteiger partial charge < -0.3 is 19.1 Å². The van der Waals surface area contributed by atoms with Gasteiger partial charge in [0.2, 0.25) is 5.91 Å². The summed E-state index contributed by atoms with van der Waals surface area (Å²) in [6.07, 6.45) is 0. The van der Waals surface area contributed by atoms with Crippen LogP contribution in [-0.4, -0.2) is 66.1 Å². The van der Waals surface area contributed by atoms with Gasteiger partial charge in [-0.1, -0.05) is 12.1 Å². The first-order valence-electron chi connectivity index (χ1n) is 9.11. The van der Waals surface area contributed by atoms with Crippen LogP contribution in [0.15, 0.2) is 24.3 Å². The summed E-state index contributed by atoms with van der Waals surface area (Å²) in [4.78, 5) is 27.8. The fourth-order valence-electron chi connectivity index (χ4n) is 3.20. The van der Waals surface area contributed by atoms with Gasteiger partial charge in [0.1, 0.15) is 0 Å². The monoisotopic (exact) mass is 358 g/mol. The molecule has 0 unspecified atom stereocenters. The zero-order valence-electron chi connectivity index (χ0n) is 16.2. The van der Waals surface area contributed by atoms with E-state index in [2.05, 4.69) is 0 Å². The maximum Gasteiger partial charge on any atom is 0.494 e. The lowest BCUT2D eigenvalue weighted by Crippen LogP contribution is -2.50. The summed E-state index contributed by atoms with van der Waals surface area (Å²) in [6, 6.07) is 7.45. The molecule has 0 bridgehead atoms. The molecule has 2 aliphatic heterocycles. The average molecular weight is 358 g/mol. The lowest BCUT2D eigenvalue weighted by Gasteiger charge is -2.34. The second kappa shape index (κ2) is 6.70. The summed E-state index contributed by atoms with van der Waals surface area (Å²) < 4.78 is 12.2. The number of benzene rings is 1. The molecular weight excluding hydrogens is 331 g/mol. The van der Waals surface area contributed by atoms with Crippen molar-refractivity contribution in [2.45, 2.75) is 45.8 Å². The zero-order valence-corrected chi connectivity index (χ0v) is 16.2. The molecule has 3 rings (SSSR count). The number of nitrogens with zero attached hydrogens (tertiary/aromatic N) is 2. The molecule has 0 spiro atoms. The molecule has 2 aliphatic rings. The predicted molar refractivity (Wildman–Crippen MR) is 100 cm³/mol. The Labute approximate surface area is 155 Å². The van der Waals surface area contributed by atoms with Gasteiger partial charge in [-0.05, 0) is 45.3 Å². The number of carbonyl (C=O) groups excluding carboxylic acids is 2. The maximum atomic E-state index is 12.8. The third kappa shape index (κ3) is 3.51. The van der Waals surface area contributed by atoms with Crippen LogP contribution < -0.4 is 5.46 Å². The first-order valence-corrected chi connectivity index (χ1v) is 9.11. The molecule has 0 atom stereocenters. The fourth-order valence-corrected chi connectivity index (χ4v) is 3.20. The van der Waals surface area contributed by atoms with Crippen molar-refractivity contribution in [2.24, 2.45) is 0 Å². The summed E-state index contributed by atoms with van der Waals surface area (Å²) in [5.74, 6) is 0.0337. The van der Waals surface area contributed by atoms with Gasteiger partial charge in [0.25, 0.3) is 5.91 Å². The van der Waals surface area contributed by atoms with Crippen LogP contribution >= 0.6 is 0 Å². The largest absolute Gasteiger partial charge is 0.494 e. The highest BCUT2D eigenvalue weighted by Gasteiger charge is 2.51. The zero-order chi connectivity index (χ0) is 19.1. The predicted octanol–water partition coefficient (Wildman–Crippen LogP) is 1.29. The number of hydrogen-bond acceptors (Lipinski definition) is 4. The molecule has 0 radical (unpaired) electrons. The number of rotatable bonds is 2. The Kier molecular flexibility index (Phi) is 4.88. The maximum absolute atomic E-state index is 12.8. The second-order valence-corrected chi connectivity index (χ2v) is 8.01. The normalized spacial score (nSPS) is 21.8. The van der Waals surface area contributed by atoms with Gasteiger partial charge in [-0.3, -0.25) is 9.59 Å². The summed E-state index contributed by atoms with van der Waals surface area (Å²) >= 11 is 0. The van der Waals surface area contributed by atoms with Crippen LogP contribution in [0.1, 0.15) is 45.0 Å². The molecule has 6 nitrogen and oxygen atoms in total. The number of carbonyl (C=O) groups is 2. The van der Waals surface area contributed by atoms with E-state index in [0.717, 1.165) is 5.46 Å². The van der Waals surface area contributed by atoms with Crippen molar-refractivity contribution in [3.63, 3.8) is 0 Å². The van der Waals surface area contributed by atoms with E-state index in [4.69, 9.17) is 9.31 Å². The van der Waals surface area contributed by atoms with Gasteiger partial charge in [0.05, 0.1) is 11.2 Å². The van der Waals surface area contributed by atoms with E-state index in [1.54, 1.807) is 16.7 Å². The van der Waals surface area contributed by atoms with Crippen LogP contribution in [0.25, 0.3) is 0 Å². The van der Waals surface area contributed by atoms with Crippen molar-refractivity contribution in [3.8, 4) is 0 Å². The molecule has 2 saturated heterocycles. The third-order valence-corrected chi connectivity index (χ3v) is 5.67. The summed E-state index contributed by atoms with van der Waals surface area (Å²) in [6.45, 7) is 11.9. The molecule has 26 heavy (non-hydrogen) atoms. The molecular formula is C19H27BN2O4. The van der Waals surface area contributed by atoms with E-state index in [0.29, 0.717) is 31.7 Å². The SMILES string of the molecule is CC(=O)N1CCN(C(=O)c2cccc(B3OC(C)(C)C(C)(C)O3)c2)CC1. The van der Waals surface area contributed by atoms with Crippen molar-refractivity contribution >= 4 is 24.4 Å². The second-order valence-electron chi connectivity index (χ2n) is 8.01. The van der Waals surface area contributed by atoms with Gasteiger partial charge in [0, 0.05) is 38.7 Å². The first-order chi connectivity index (χ1) is 12.1. The lowest BCUT2D eigenvalue weighted by atomic mass is 9.78. The van der Waals surface area contributed by atoms with Crippen molar-refractivity contribution < 1.29 is 18.9 Å². The Morgan fingerprint density at radius 3 is 2.04 bits per heavy atom. The van der Waals surface area contributed by atoms with Crippen molar-refractivity contribution in [2.75, 3.05) is 26.2 Å². The Bertz CT molecular complexity index is 695. The van der Waals surface area contributed by atoms with Gasteiger partial charge in [-0.15, -0.1) is 0 Å².